The van der Waals surface area contributed by atoms with E-state index in [9.17, 15) is 9.59 Å². The number of nitrogens with one attached hydrogen (secondary N) is 2. The maximum Gasteiger partial charge on any atom is 0.342 e. The Kier molecular flexibility index (Phi) is 2.78. The lowest BCUT2D eigenvalue weighted by molar-refractivity contribution is 0.579. The van der Waals surface area contributed by atoms with Crippen LogP contribution in [0.1, 0.15) is 13.3 Å². The molecule has 7 heteroatoms. The van der Waals surface area contributed by atoms with Gasteiger partial charge in [0.1, 0.15) is 0 Å². The highest BCUT2D eigenvalue weighted by atomic mass is 16.2. The molecule has 88 valence electrons. The van der Waals surface area contributed by atoms with Crippen LogP contribution in [0.5, 0.6) is 0 Å². The predicted molar refractivity (Wildman–Crippen MR) is 59.4 cm³/mol. The van der Waals surface area contributed by atoms with E-state index in [1.54, 1.807) is 0 Å². The second-order valence-corrected chi connectivity index (χ2v) is 4.17. The number of hydrogen-bond donors (Lipinski definition) is 3. The van der Waals surface area contributed by atoms with Crippen molar-refractivity contribution in [3.63, 3.8) is 0 Å². The van der Waals surface area contributed by atoms with E-state index >= 15 is 0 Å². The molecule has 0 aromatic carbocycles. The summed E-state index contributed by atoms with van der Waals surface area (Å²) < 4.78 is 0. The van der Waals surface area contributed by atoms with Crippen LogP contribution in [0.15, 0.2) is 9.59 Å². The lowest BCUT2D eigenvalue weighted by atomic mass is 10.1. The molecule has 1 aliphatic heterocycles. The summed E-state index contributed by atoms with van der Waals surface area (Å²) in [6.45, 7) is 3.32. The SMILES string of the molecule is CC1CC(CN)CN1c1n[nH]c(=O)[nH]c1=O. The molecular weight excluding hydrogens is 210 g/mol. The van der Waals surface area contributed by atoms with E-state index in [1.165, 1.54) is 0 Å². The summed E-state index contributed by atoms with van der Waals surface area (Å²) in [5, 5.41) is 6.02. The monoisotopic (exact) mass is 225 g/mol. The molecule has 1 aromatic heterocycles. The third-order valence-electron chi connectivity index (χ3n) is 2.96. The van der Waals surface area contributed by atoms with Gasteiger partial charge in [-0.05, 0) is 25.8 Å². The van der Waals surface area contributed by atoms with Crippen LogP contribution in [-0.4, -0.2) is 34.3 Å². The summed E-state index contributed by atoms with van der Waals surface area (Å²) >= 11 is 0. The van der Waals surface area contributed by atoms with Crippen molar-refractivity contribution in [1.29, 1.82) is 0 Å². The van der Waals surface area contributed by atoms with Gasteiger partial charge in [0.25, 0.3) is 5.56 Å². The van der Waals surface area contributed by atoms with E-state index < -0.39 is 11.2 Å². The van der Waals surface area contributed by atoms with Gasteiger partial charge >= 0.3 is 5.69 Å². The molecule has 0 aliphatic carbocycles. The van der Waals surface area contributed by atoms with Crippen molar-refractivity contribution in [3.05, 3.63) is 20.8 Å². The Labute approximate surface area is 91.7 Å². The van der Waals surface area contributed by atoms with E-state index in [0.717, 1.165) is 6.42 Å². The van der Waals surface area contributed by atoms with Gasteiger partial charge in [-0.1, -0.05) is 0 Å². The van der Waals surface area contributed by atoms with Crippen molar-refractivity contribution in [2.45, 2.75) is 19.4 Å². The summed E-state index contributed by atoms with van der Waals surface area (Å²) in [6.07, 6.45) is 0.941. The number of H-pyrrole nitrogens is 2. The predicted octanol–water partition coefficient (Wildman–Crippen LogP) is -1.37. The van der Waals surface area contributed by atoms with Gasteiger partial charge in [0, 0.05) is 12.6 Å². The number of anilines is 1. The molecule has 2 heterocycles. The van der Waals surface area contributed by atoms with Crippen LogP contribution in [-0.2, 0) is 0 Å². The normalized spacial score (nSPS) is 25.0. The van der Waals surface area contributed by atoms with E-state index in [4.69, 9.17) is 5.73 Å². The van der Waals surface area contributed by atoms with Crippen LogP contribution < -0.4 is 21.9 Å². The molecule has 1 saturated heterocycles. The first-order valence-corrected chi connectivity index (χ1v) is 5.27. The fourth-order valence-electron chi connectivity index (χ4n) is 2.14. The van der Waals surface area contributed by atoms with Crippen LogP contribution in [0, 0.1) is 5.92 Å². The summed E-state index contributed by atoms with van der Waals surface area (Å²) in [7, 11) is 0. The minimum absolute atomic E-state index is 0.216. The molecule has 0 saturated carbocycles. The largest absolute Gasteiger partial charge is 0.348 e. The number of aromatic amines is 2. The van der Waals surface area contributed by atoms with Crippen LogP contribution in [0.2, 0.25) is 0 Å². The topological polar surface area (TPSA) is 108 Å². The maximum atomic E-state index is 11.6. The van der Waals surface area contributed by atoms with Gasteiger partial charge in [0.2, 0.25) is 5.82 Å². The molecule has 16 heavy (non-hydrogen) atoms. The summed E-state index contributed by atoms with van der Waals surface area (Å²) in [5.41, 5.74) is 4.57. The van der Waals surface area contributed by atoms with Crippen molar-refractivity contribution in [2.24, 2.45) is 11.7 Å². The summed E-state index contributed by atoms with van der Waals surface area (Å²) in [6, 6.07) is 0.216. The molecule has 2 rings (SSSR count). The van der Waals surface area contributed by atoms with Crippen LogP contribution in [0.25, 0.3) is 0 Å². The average Bonchev–Trinajstić information content (AvgIpc) is 2.60. The molecule has 0 spiro atoms. The average molecular weight is 225 g/mol. The fraction of sp³-hybridized carbons (Fsp3) is 0.667. The maximum absolute atomic E-state index is 11.6. The van der Waals surface area contributed by atoms with Crippen LogP contribution in [0.3, 0.4) is 0 Å². The lowest BCUT2D eigenvalue weighted by Gasteiger charge is -2.20. The Balaban J connectivity index is 2.31. The van der Waals surface area contributed by atoms with Crippen LogP contribution in [0.4, 0.5) is 5.82 Å². The highest BCUT2D eigenvalue weighted by Gasteiger charge is 2.30. The van der Waals surface area contributed by atoms with Gasteiger partial charge in [0.15, 0.2) is 0 Å². The molecule has 1 aromatic rings. The lowest BCUT2D eigenvalue weighted by Crippen LogP contribution is -2.36. The molecule has 0 amide bonds. The van der Waals surface area contributed by atoms with Gasteiger partial charge in [0.05, 0.1) is 0 Å². The molecule has 7 nitrogen and oxygen atoms in total. The quantitative estimate of drug-likeness (QED) is 0.575. The van der Waals surface area contributed by atoms with Crippen molar-refractivity contribution in [1.82, 2.24) is 15.2 Å². The van der Waals surface area contributed by atoms with Gasteiger partial charge in [-0.2, -0.15) is 0 Å². The molecule has 0 bridgehead atoms. The number of nitrogens with zero attached hydrogens (tertiary/aromatic N) is 2. The molecule has 4 N–H and O–H groups in total. The van der Waals surface area contributed by atoms with Gasteiger partial charge in [-0.3, -0.25) is 9.78 Å². The number of aromatic nitrogens is 3. The van der Waals surface area contributed by atoms with E-state index in [2.05, 4.69) is 15.2 Å². The summed E-state index contributed by atoms with van der Waals surface area (Å²) in [5.74, 6) is 0.645. The molecular formula is C9H15N5O2. The molecule has 2 atom stereocenters. The van der Waals surface area contributed by atoms with Crippen molar-refractivity contribution < 1.29 is 0 Å². The third-order valence-corrected chi connectivity index (χ3v) is 2.96. The van der Waals surface area contributed by atoms with Gasteiger partial charge in [-0.25, -0.2) is 9.89 Å². The second-order valence-electron chi connectivity index (χ2n) is 4.17. The highest BCUT2D eigenvalue weighted by molar-refractivity contribution is 5.37. The first-order chi connectivity index (χ1) is 7.61. The van der Waals surface area contributed by atoms with Crippen LogP contribution >= 0.6 is 0 Å². The van der Waals surface area contributed by atoms with E-state index in [-0.39, 0.29) is 11.9 Å². The molecule has 0 radical (unpaired) electrons. The molecule has 1 fully saturated rings. The van der Waals surface area contributed by atoms with Crippen molar-refractivity contribution in [2.75, 3.05) is 18.0 Å². The third kappa shape index (κ3) is 1.85. The van der Waals surface area contributed by atoms with E-state index in [0.29, 0.717) is 19.0 Å². The molecule has 1 aliphatic rings. The van der Waals surface area contributed by atoms with Crippen molar-refractivity contribution in [3.8, 4) is 0 Å². The zero-order valence-corrected chi connectivity index (χ0v) is 9.06. The second kappa shape index (κ2) is 4.09. The first-order valence-electron chi connectivity index (χ1n) is 5.27. The standard InChI is InChI=1S/C9H15N5O2/c1-5-2-6(3-10)4-14(5)7-8(15)11-9(16)13-12-7/h5-6H,2-4,10H2,1H3,(H2,11,13,15,16). The minimum Gasteiger partial charge on any atom is -0.348 e. The Morgan fingerprint density at radius 3 is 2.88 bits per heavy atom. The Morgan fingerprint density at radius 1 is 1.56 bits per heavy atom. The Hall–Kier alpha value is -1.63. The zero-order valence-electron chi connectivity index (χ0n) is 9.06. The Morgan fingerprint density at radius 2 is 2.31 bits per heavy atom. The van der Waals surface area contributed by atoms with Gasteiger partial charge in [-0.15, -0.1) is 5.10 Å². The number of rotatable bonds is 2. The summed E-state index contributed by atoms with van der Waals surface area (Å²) in [4.78, 5) is 26.5. The first kappa shape index (κ1) is 10.9. The highest BCUT2D eigenvalue weighted by Crippen LogP contribution is 2.24. The zero-order chi connectivity index (χ0) is 11.7. The smallest absolute Gasteiger partial charge is 0.342 e. The van der Waals surface area contributed by atoms with Gasteiger partial charge < -0.3 is 10.6 Å². The molecule has 2 unspecified atom stereocenters. The Bertz CT molecular complexity index is 479. The number of nitrogens with two attached hydrogens (primary N) is 1. The van der Waals surface area contributed by atoms with Crippen molar-refractivity contribution >= 4 is 5.82 Å². The minimum atomic E-state index is -0.587. The van der Waals surface area contributed by atoms with E-state index in [1.807, 2.05) is 11.8 Å². The number of hydrogen-bond acceptors (Lipinski definition) is 5. The fourth-order valence-corrected chi connectivity index (χ4v) is 2.14.